The number of alkyl halides is 3. The van der Waals surface area contributed by atoms with Gasteiger partial charge in [0, 0.05) is 21.3 Å². The number of nitrogens with two attached hydrogens (primary N) is 1. The molecule has 186 valence electrons. The van der Waals surface area contributed by atoms with Gasteiger partial charge in [0.25, 0.3) is 0 Å². The number of halogens is 7. The summed E-state index contributed by atoms with van der Waals surface area (Å²) in [5, 5.41) is 6.94. The van der Waals surface area contributed by atoms with Crippen molar-refractivity contribution in [1.29, 1.82) is 0 Å². The van der Waals surface area contributed by atoms with E-state index in [0.717, 1.165) is 6.07 Å². The highest BCUT2D eigenvalue weighted by atomic mass is 35.5. The smallest absolute Gasteiger partial charge is 0.419 e. The summed E-state index contributed by atoms with van der Waals surface area (Å²) in [7, 11) is -4.37. The number of sulfonamides is 1. The molecule has 0 unspecified atom stereocenters. The first kappa shape index (κ1) is 26.7. The van der Waals surface area contributed by atoms with Gasteiger partial charge in [0.05, 0.1) is 12.0 Å². The number of hydrogen-bond donors (Lipinski definition) is 2. The second-order valence-corrected chi connectivity index (χ2v) is 9.37. The minimum absolute atomic E-state index is 0.138. The van der Waals surface area contributed by atoms with Crippen LogP contribution in [0.4, 0.5) is 27.6 Å². The van der Waals surface area contributed by atoms with E-state index in [2.05, 4.69) is 5.32 Å². The molecule has 35 heavy (non-hydrogen) atoms. The highest BCUT2D eigenvalue weighted by Crippen LogP contribution is 2.37. The highest BCUT2D eigenvalue weighted by molar-refractivity contribution is 7.89. The third kappa shape index (κ3) is 6.40. The number of anilines is 1. The number of hydrogen-bond acceptors (Lipinski definition) is 4. The number of benzene rings is 3. The van der Waals surface area contributed by atoms with Gasteiger partial charge in [0.1, 0.15) is 16.4 Å². The van der Waals surface area contributed by atoms with Crippen LogP contribution < -0.4 is 15.2 Å². The molecule has 1 amide bonds. The van der Waals surface area contributed by atoms with Crippen LogP contribution >= 0.6 is 23.2 Å². The third-order valence-corrected chi connectivity index (χ3v) is 5.96. The molecule has 3 N–H and O–H groups in total. The number of ether oxygens (including phenoxy) is 1. The van der Waals surface area contributed by atoms with E-state index in [1.54, 1.807) is 12.1 Å². The molecule has 0 heterocycles. The van der Waals surface area contributed by atoms with E-state index in [4.69, 9.17) is 33.1 Å². The summed E-state index contributed by atoms with van der Waals surface area (Å²) in [6.45, 7) is 0. The SMILES string of the molecule is NS(=O)(=O)c1cc(NC(=O)Cc2c(Cl)cc(C(F)(F)F)c(F)c2F)ccc1Oc1cccc(Cl)c1. The van der Waals surface area contributed by atoms with Crippen molar-refractivity contribution in [3.63, 3.8) is 0 Å². The number of nitrogens with one attached hydrogen (secondary N) is 1. The Balaban J connectivity index is 1.87. The van der Waals surface area contributed by atoms with Crippen LogP contribution in [0.5, 0.6) is 11.5 Å². The molecule has 0 atom stereocenters. The fraction of sp³-hybridized carbons (Fsp3) is 0.0952. The summed E-state index contributed by atoms with van der Waals surface area (Å²) in [5.41, 5.74) is -2.87. The summed E-state index contributed by atoms with van der Waals surface area (Å²) in [6, 6.07) is 9.52. The summed E-state index contributed by atoms with van der Waals surface area (Å²) < 4.78 is 96.0. The van der Waals surface area contributed by atoms with Gasteiger partial charge in [-0.3, -0.25) is 4.79 Å². The second-order valence-electron chi connectivity index (χ2n) is 7.00. The van der Waals surface area contributed by atoms with Gasteiger partial charge in [-0.2, -0.15) is 13.2 Å². The molecule has 6 nitrogen and oxygen atoms in total. The van der Waals surface area contributed by atoms with Crippen LogP contribution in [-0.2, 0) is 27.4 Å². The van der Waals surface area contributed by atoms with Crippen LogP contribution in [0.25, 0.3) is 0 Å². The molecule has 0 aromatic heterocycles. The number of rotatable bonds is 6. The number of primary sulfonamides is 1. The van der Waals surface area contributed by atoms with E-state index >= 15 is 0 Å². The van der Waals surface area contributed by atoms with Gasteiger partial charge >= 0.3 is 6.18 Å². The Morgan fingerprint density at radius 3 is 2.31 bits per heavy atom. The standard InChI is InChI=1S/C21H13Cl2F5N2O4S/c22-10-2-1-3-12(6-10)34-16-5-4-11(7-17(16)35(29,32)33)30-18(31)8-13-15(23)9-14(21(26,27)28)20(25)19(13)24/h1-7,9H,8H2,(H,30,31)(H2,29,32,33). The fourth-order valence-electron chi connectivity index (χ4n) is 2.92. The molecule has 0 saturated carbocycles. The van der Waals surface area contributed by atoms with Crippen molar-refractivity contribution in [2.45, 2.75) is 17.5 Å². The predicted octanol–water partition coefficient (Wildman–Crippen LogP) is 5.91. The molecule has 0 saturated heterocycles. The summed E-state index contributed by atoms with van der Waals surface area (Å²) in [4.78, 5) is 11.8. The maximum atomic E-state index is 14.2. The van der Waals surface area contributed by atoms with E-state index in [-0.39, 0.29) is 23.3 Å². The van der Waals surface area contributed by atoms with E-state index in [9.17, 15) is 35.2 Å². The molecule has 0 aliphatic carbocycles. The third-order valence-electron chi connectivity index (χ3n) is 4.45. The van der Waals surface area contributed by atoms with Crippen molar-refractivity contribution in [2.24, 2.45) is 5.14 Å². The van der Waals surface area contributed by atoms with Crippen molar-refractivity contribution in [3.05, 3.63) is 81.3 Å². The summed E-state index contributed by atoms with van der Waals surface area (Å²) in [6.07, 6.45) is -6.15. The highest BCUT2D eigenvalue weighted by Gasteiger charge is 2.37. The van der Waals surface area contributed by atoms with Crippen LogP contribution in [0, 0.1) is 11.6 Å². The lowest BCUT2D eigenvalue weighted by Gasteiger charge is -2.14. The normalized spacial score (nSPS) is 11.9. The Kier molecular flexibility index (Phi) is 7.60. The van der Waals surface area contributed by atoms with Gasteiger partial charge in [-0.05, 0) is 42.5 Å². The molecule has 3 aromatic rings. The maximum absolute atomic E-state index is 14.2. The van der Waals surface area contributed by atoms with Gasteiger partial charge in [0.15, 0.2) is 11.6 Å². The summed E-state index contributed by atoms with van der Waals surface area (Å²) >= 11 is 11.5. The molecule has 0 aliphatic rings. The lowest BCUT2D eigenvalue weighted by atomic mass is 10.1. The Bertz CT molecular complexity index is 1420. The quantitative estimate of drug-likeness (QED) is 0.292. The zero-order valence-electron chi connectivity index (χ0n) is 17.1. The predicted molar refractivity (Wildman–Crippen MR) is 118 cm³/mol. The first-order valence-corrected chi connectivity index (χ1v) is 11.6. The Hall–Kier alpha value is -2.93. The number of carbonyl (C=O) groups excluding carboxylic acids is 1. The van der Waals surface area contributed by atoms with Crippen molar-refractivity contribution < 1.29 is 39.9 Å². The molecule has 0 aliphatic heterocycles. The van der Waals surface area contributed by atoms with Crippen molar-refractivity contribution >= 4 is 44.8 Å². The van der Waals surface area contributed by atoms with E-state index < -0.39 is 61.2 Å². The minimum Gasteiger partial charge on any atom is -0.456 e. The monoisotopic (exact) mass is 554 g/mol. The minimum atomic E-state index is -5.20. The molecule has 14 heteroatoms. The van der Waals surface area contributed by atoms with Gasteiger partial charge in [-0.15, -0.1) is 0 Å². The number of carbonyl (C=O) groups is 1. The largest absolute Gasteiger partial charge is 0.456 e. The molecular weight excluding hydrogens is 542 g/mol. The van der Waals surface area contributed by atoms with Gasteiger partial charge in [0.2, 0.25) is 15.9 Å². The van der Waals surface area contributed by atoms with E-state index in [1.807, 2.05) is 0 Å². The molecule has 0 radical (unpaired) electrons. The maximum Gasteiger partial charge on any atom is 0.419 e. The van der Waals surface area contributed by atoms with Crippen LogP contribution in [0.3, 0.4) is 0 Å². The molecule has 0 spiro atoms. The van der Waals surface area contributed by atoms with Crippen LogP contribution in [0.2, 0.25) is 10.0 Å². The van der Waals surface area contributed by atoms with Gasteiger partial charge in [-0.1, -0.05) is 29.3 Å². The average molecular weight is 555 g/mol. The molecule has 3 aromatic carbocycles. The average Bonchev–Trinajstić information content (AvgIpc) is 2.73. The fourth-order valence-corrected chi connectivity index (χ4v) is 4.04. The lowest BCUT2D eigenvalue weighted by Crippen LogP contribution is -2.19. The Morgan fingerprint density at radius 1 is 1.03 bits per heavy atom. The molecule has 0 fully saturated rings. The van der Waals surface area contributed by atoms with Crippen molar-refractivity contribution in [2.75, 3.05) is 5.32 Å². The van der Waals surface area contributed by atoms with E-state index in [1.165, 1.54) is 24.3 Å². The van der Waals surface area contributed by atoms with Crippen molar-refractivity contribution in [1.82, 2.24) is 0 Å². The molecular formula is C21H13Cl2F5N2O4S. The Morgan fingerprint density at radius 2 is 1.71 bits per heavy atom. The number of amides is 1. The Labute approximate surface area is 205 Å². The zero-order chi connectivity index (χ0) is 26.1. The second kappa shape index (κ2) is 9.97. The lowest BCUT2D eigenvalue weighted by molar-refractivity contribution is -0.140. The zero-order valence-corrected chi connectivity index (χ0v) is 19.4. The van der Waals surface area contributed by atoms with Crippen LogP contribution in [0.15, 0.2) is 53.4 Å². The topological polar surface area (TPSA) is 98.5 Å². The van der Waals surface area contributed by atoms with Crippen LogP contribution in [-0.4, -0.2) is 14.3 Å². The van der Waals surface area contributed by atoms with Gasteiger partial charge in [-0.25, -0.2) is 22.3 Å². The van der Waals surface area contributed by atoms with Gasteiger partial charge < -0.3 is 10.1 Å². The molecule has 0 bridgehead atoms. The van der Waals surface area contributed by atoms with Crippen molar-refractivity contribution in [3.8, 4) is 11.5 Å². The first-order chi connectivity index (χ1) is 16.2. The van der Waals surface area contributed by atoms with E-state index in [0.29, 0.717) is 5.02 Å². The molecule has 3 rings (SSSR count). The first-order valence-electron chi connectivity index (χ1n) is 9.30. The van der Waals surface area contributed by atoms with Crippen LogP contribution in [0.1, 0.15) is 11.1 Å². The summed E-state index contributed by atoms with van der Waals surface area (Å²) in [5.74, 6) is -5.19.